The van der Waals surface area contributed by atoms with Gasteiger partial charge in [-0.1, -0.05) is 59.0 Å². The molecular formula is C33H44O9. The Labute approximate surface area is 249 Å². The number of ether oxygens (including phenoxy) is 8. The Bertz CT molecular complexity index is 1200. The van der Waals surface area contributed by atoms with Crippen LogP contribution in [-0.2, 0) is 25.6 Å². The minimum absolute atomic E-state index is 0. The van der Waals surface area contributed by atoms with E-state index in [4.69, 9.17) is 37.9 Å². The Morgan fingerprint density at radius 3 is 1.95 bits per heavy atom. The molecular weight excluding hydrogens is 540 g/mol. The van der Waals surface area contributed by atoms with Crippen LogP contribution in [0.4, 0.5) is 0 Å². The zero-order valence-electron chi connectivity index (χ0n) is 23.0. The summed E-state index contributed by atoms with van der Waals surface area (Å²) in [6, 6.07) is 20.2. The second-order valence-electron chi connectivity index (χ2n) is 9.10. The Morgan fingerprint density at radius 1 is 0.714 bits per heavy atom. The maximum absolute atomic E-state index is 12.6. The molecule has 1 atom stereocenters. The van der Waals surface area contributed by atoms with Gasteiger partial charge in [0.15, 0.2) is 43.4 Å². The lowest BCUT2D eigenvalue weighted by atomic mass is 9.98. The van der Waals surface area contributed by atoms with Crippen LogP contribution in [0, 0.1) is 0 Å². The predicted octanol–water partition coefficient (Wildman–Crippen LogP) is 6.98. The maximum atomic E-state index is 12.6. The molecule has 0 amide bonds. The summed E-state index contributed by atoms with van der Waals surface area (Å²) in [5.74, 6) is 2.18. The largest absolute Gasteiger partial charge is 0.487 e. The monoisotopic (exact) mass is 584 g/mol. The number of carbonyl (C=O) groups excluding carboxylic acids is 1. The number of esters is 1. The van der Waals surface area contributed by atoms with Gasteiger partial charge >= 0.3 is 5.97 Å². The number of para-hydroxylation sites is 2. The number of hydrogen-bond acceptors (Lipinski definition) is 9. The quantitative estimate of drug-likeness (QED) is 0.295. The predicted molar refractivity (Wildman–Crippen MR) is 160 cm³/mol. The summed E-state index contributed by atoms with van der Waals surface area (Å²) in [6.07, 6.45) is 1.04. The van der Waals surface area contributed by atoms with Crippen LogP contribution in [0.3, 0.4) is 0 Å². The number of benzene rings is 3. The minimum Gasteiger partial charge on any atom is -0.487 e. The molecule has 1 heterocycles. The molecule has 42 heavy (non-hydrogen) atoms. The zero-order chi connectivity index (χ0) is 28.0. The van der Waals surface area contributed by atoms with Crippen molar-refractivity contribution in [1.29, 1.82) is 0 Å². The molecule has 0 saturated heterocycles. The van der Waals surface area contributed by atoms with Crippen LogP contribution in [0.5, 0.6) is 23.0 Å². The van der Waals surface area contributed by atoms with Crippen molar-refractivity contribution in [1.82, 2.24) is 0 Å². The van der Waals surface area contributed by atoms with Gasteiger partial charge in [0, 0.05) is 0 Å². The van der Waals surface area contributed by atoms with Gasteiger partial charge in [-0.05, 0) is 59.9 Å². The van der Waals surface area contributed by atoms with Crippen molar-refractivity contribution in [2.45, 2.75) is 47.6 Å². The molecule has 0 aromatic heterocycles. The maximum Gasteiger partial charge on any atom is 0.338 e. The second-order valence-corrected chi connectivity index (χ2v) is 9.10. The van der Waals surface area contributed by atoms with Crippen molar-refractivity contribution >= 4 is 5.97 Å². The number of carbonyl (C=O) groups is 1. The molecule has 0 spiro atoms. The highest BCUT2D eigenvalue weighted by molar-refractivity contribution is 5.89. The highest BCUT2D eigenvalue weighted by Crippen LogP contribution is 2.29. The van der Waals surface area contributed by atoms with Gasteiger partial charge in [0.2, 0.25) is 0 Å². The average Bonchev–Trinajstić information content (AvgIpc) is 2.99. The van der Waals surface area contributed by atoms with Crippen molar-refractivity contribution in [3.05, 3.63) is 83.4 Å². The average molecular weight is 585 g/mol. The van der Waals surface area contributed by atoms with Crippen LogP contribution in [0.1, 0.15) is 62.5 Å². The van der Waals surface area contributed by atoms with E-state index in [1.165, 1.54) is 5.56 Å². The van der Waals surface area contributed by atoms with E-state index in [9.17, 15) is 4.79 Å². The molecule has 0 aliphatic carbocycles. The van der Waals surface area contributed by atoms with E-state index in [-0.39, 0.29) is 54.4 Å². The molecule has 0 N–H and O–H groups in total. The molecule has 0 saturated carbocycles. The fourth-order valence-corrected chi connectivity index (χ4v) is 3.84. The molecule has 1 aliphatic heterocycles. The Balaban J connectivity index is 0.00000308. The van der Waals surface area contributed by atoms with E-state index in [1.807, 2.05) is 36.4 Å². The summed E-state index contributed by atoms with van der Waals surface area (Å²) in [6.45, 7) is 5.63. The smallest absolute Gasteiger partial charge is 0.338 e. The number of rotatable bonds is 5. The normalized spacial score (nSPS) is 15.0. The lowest BCUT2D eigenvalue weighted by Gasteiger charge is -2.16. The van der Waals surface area contributed by atoms with Gasteiger partial charge in [0.1, 0.15) is 19.8 Å². The first kappa shape index (κ1) is 34.4. The SMILES string of the molecule is C.C.CCC(C)c1ccc(C(=O)OCc2ccc3c(c2)OCCOCCOc2ccccc2OCOCOCO3)cc1. The molecule has 3 aromatic rings. The van der Waals surface area contributed by atoms with Crippen LogP contribution >= 0.6 is 0 Å². The number of fused-ring (bicyclic) bond motifs is 2. The van der Waals surface area contributed by atoms with Crippen molar-refractivity contribution < 1.29 is 42.7 Å². The first-order valence-corrected chi connectivity index (χ1v) is 13.4. The second kappa shape index (κ2) is 18.6. The third-order valence-corrected chi connectivity index (χ3v) is 6.29. The van der Waals surface area contributed by atoms with Crippen LogP contribution in [-0.4, -0.2) is 52.8 Å². The fourth-order valence-electron chi connectivity index (χ4n) is 3.84. The lowest BCUT2D eigenvalue weighted by molar-refractivity contribution is -0.130. The van der Waals surface area contributed by atoms with E-state index in [1.54, 1.807) is 30.3 Å². The Morgan fingerprint density at radius 2 is 1.31 bits per heavy atom. The summed E-state index contributed by atoms with van der Waals surface area (Å²) in [5, 5.41) is 0. The van der Waals surface area contributed by atoms with Gasteiger partial charge in [-0.3, -0.25) is 0 Å². The molecule has 0 bridgehead atoms. The number of hydrogen-bond donors (Lipinski definition) is 0. The summed E-state index contributed by atoms with van der Waals surface area (Å²) in [5.41, 5.74) is 2.46. The van der Waals surface area contributed by atoms with E-state index in [0.29, 0.717) is 54.3 Å². The van der Waals surface area contributed by atoms with Crippen LogP contribution in [0.15, 0.2) is 66.7 Å². The molecule has 230 valence electrons. The fraction of sp³-hybridized carbons (Fsp3) is 0.424. The third-order valence-electron chi connectivity index (χ3n) is 6.29. The van der Waals surface area contributed by atoms with E-state index in [0.717, 1.165) is 12.0 Å². The molecule has 1 aliphatic rings. The topological polar surface area (TPSA) is 90.9 Å². The van der Waals surface area contributed by atoms with Gasteiger partial charge in [-0.25, -0.2) is 4.79 Å². The standard InChI is InChI=1S/C31H36O9.2CH4/c1-3-23(2)25-9-11-26(12-10-25)31(32)38-19-24-8-13-29-30(18-24)37-17-15-33-14-16-36-27-6-4-5-7-28(27)39-21-34-20-35-22-40-29;;/h4-13,18,23H,3,14-17,19-22H2,1-2H3;2*1H4. The van der Waals surface area contributed by atoms with Crippen LogP contribution < -0.4 is 18.9 Å². The zero-order valence-corrected chi connectivity index (χ0v) is 23.0. The summed E-state index contributed by atoms with van der Waals surface area (Å²) in [7, 11) is 0. The van der Waals surface area contributed by atoms with E-state index in [2.05, 4.69) is 13.8 Å². The van der Waals surface area contributed by atoms with Gasteiger partial charge in [-0.2, -0.15) is 0 Å². The molecule has 1 unspecified atom stereocenters. The van der Waals surface area contributed by atoms with E-state index < -0.39 is 0 Å². The lowest BCUT2D eigenvalue weighted by Crippen LogP contribution is -2.14. The van der Waals surface area contributed by atoms with Crippen molar-refractivity contribution in [2.75, 3.05) is 46.8 Å². The van der Waals surface area contributed by atoms with Gasteiger partial charge < -0.3 is 37.9 Å². The van der Waals surface area contributed by atoms with E-state index >= 15 is 0 Å². The van der Waals surface area contributed by atoms with Crippen LogP contribution in [0.2, 0.25) is 0 Å². The molecule has 3 aromatic carbocycles. The summed E-state index contributed by atoms with van der Waals surface area (Å²) >= 11 is 0. The highest BCUT2D eigenvalue weighted by Gasteiger charge is 2.12. The first-order valence-electron chi connectivity index (χ1n) is 13.4. The highest BCUT2D eigenvalue weighted by atomic mass is 16.8. The Hall–Kier alpha value is -3.79. The minimum atomic E-state index is -0.387. The molecule has 4 rings (SSSR count). The summed E-state index contributed by atoms with van der Waals surface area (Å²) < 4.78 is 45.0. The molecule has 9 heteroatoms. The van der Waals surface area contributed by atoms with Crippen molar-refractivity contribution in [3.63, 3.8) is 0 Å². The summed E-state index contributed by atoms with van der Waals surface area (Å²) in [4.78, 5) is 12.6. The van der Waals surface area contributed by atoms with Gasteiger partial charge in [0.25, 0.3) is 0 Å². The van der Waals surface area contributed by atoms with Gasteiger partial charge in [-0.15, -0.1) is 0 Å². The molecule has 9 nitrogen and oxygen atoms in total. The van der Waals surface area contributed by atoms with Crippen molar-refractivity contribution in [2.24, 2.45) is 0 Å². The van der Waals surface area contributed by atoms with Gasteiger partial charge in [0.05, 0.1) is 18.8 Å². The van der Waals surface area contributed by atoms with Crippen LogP contribution in [0.25, 0.3) is 0 Å². The molecule has 0 radical (unpaired) electrons. The Kier molecular flexibility index (Phi) is 15.2. The molecule has 0 fully saturated rings. The van der Waals surface area contributed by atoms with Crippen molar-refractivity contribution in [3.8, 4) is 23.0 Å². The third kappa shape index (κ3) is 10.6. The first-order chi connectivity index (χ1) is 19.6.